The Morgan fingerprint density at radius 2 is 0.795 bits per heavy atom. The van der Waals surface area contributed by atoms with Crippen LogP contribution in [0.3, 0.4) is 0 Å². The van der Waals surface area contributed by atoms with Gasteiger partial charge in [-0.3, -0.25) is 73.8 Å². The van der Waals surface area contributed by atoms with Gasteiger partial charge in [-0.05, 0) is 142 Å². The zero-order chi connectivity index (χ0) is 82.3. The van der Waals surface area contributed by atoms with Crippen LogP contribution in [0, 0.1) is 40.4 Å². The van der Waals surface area contributed by atoms with Crippen molar-refractivity contribution in [3.05, 3.63) is 354 Å². The predicted octanol–water partition coefficient (Wildman–Crippen LogP) is 14.7. The van der Waals surface area contributed by atoms with Crippen molar-refractivity contribution >= 4 is 63.0 Å². The van der Waals surface area contributed by atoms with Gasteiger partial charge in [-0.2, -0.15) is 0 Å². The van der Waals surface area contributed by atoms with E-state index in [1.165, 1.54) is 67.4 Å². The normalized spacial score (nSPS) is 10.4. The molecule has 0 saturated carbocycles. The van der Waals surface area contributed by atoms with Crippen LogP contribution in [0.5, 0.6) is 34.5 Å². The molecule has 0 aliphatic rings. The van der Waals surface area contributed by atoms with Gasteiger partial charge in [0, 0.05) is 133 Å². The molecule has 0 aliphatic heterocycles. The quantitative estimate of drug-likeness (QED) is 0.0480. The van der Waals surface area contributed by atoms with Crippen LogP contribution >= 0.6 is 11.3 Å². The minimum Gasteiger partial charge on any atom is -0.456 e. The zero-order valence-electron chi connectivity index (χ0n) is 64.3. The van der Waals surface area contributed by atoms with E-state index in [1.54, 1.807) is 160 Å². The van der Waals surface area contributed by atoms with E-state index in [9.17, 15) is 28.4 Å². The van der Waals surface area contributed by atoms with E-state index in [2.05, 4.69) is 94.7 Å². The zero-order valence-corrected chi connectivity index (χ0v) is 65.1. The second-order valence-corrected chi connectivity index (χ2v) is 26.5. The molecule has 0 spiro atoms. The summed E-state index contributed by atoms with van der Waals surface area (Å²) in [6.07, 6.45) is 35.5. The van der Waals surface area contributed by atoms with E-state index < -0.39 is 5.82 Å². The molecule has 15 aromatic heterocycles. The highest BCUT2D eigenvalue weighted by molar-refractivity contribution is 7.09. The molecule has 0 atom stereocenters. The first kappa shape index (κ1) is 82.7. The maximum Gasteiger partial charge on any atom is 0.188 e. The Morgan fingerprint density at radius 3 is 1.26 bits per heavy atom. The summed E-state index contributed by atoms with van der Waals surface area (Å²) in [7, 11) is 3.73. The van der Waals surface area contributed by atoms with Crippen molar-refractivity contribution in [1.82, 2.24) is 94.7 Å². The average molecular weight is 1580 g/mol. The SMILES string of the molecule is CN(c1cncnc1)c1ccnc(C(=O)Cc2ncccc2F)c1.Cc1ccc(CC(=O)c2cc(Oc3cccnc3)ccn2)nc1.Cc1cccc(CC(=O)c2cc(Oc3cncnc3)ccn2)n1.Cc1cnc(CC(=O)c2cc(Oc3cncnc3)ccn2)cc1C.Cc1csc(CC(=O)c2cc(N(C)c3cncnc3)ccn2)n1. The molecule has 0 N–H and O–H groups in total. The summed E-state index contributed by atoms with van der Waals surface area (Å²) in [6.45, 7) is 9.76. The Balaban J connectivity index is 0.000000144. The minimum atomic E-state index is -0.499. The van der Waals surface area contributed by atoms with Gasteiger partial charge in [-0.1, -0.05) is 12.1 Å². The minimum absolute atomic E-state index is 0.0427. The largest absolute Gasteiger partial charge is 0.456 e. The van der Waals surface area contributed by atoms with Gasteiger partial charge in [-0.15, -0.1) is 11.3 Å². The van der Waals surface area contributed by atoms with Crippen LogP contribution < -0.4 is 24.0 Å². The second kappa shape index (κ2) is 41.8. The van der Waals surface area contributed by atoms with Crippen LogP contribution in [-0.4, -0.2) is 138 Å². The molecule has 0 aromatic carbocycles. The van der Waals surface area contributed by atoms with E-state index in [0.29, 0.717) is 57.3 Å². The molecular weight excluding hydrogens is 1510 g/mol. The summed E-state index contributed by atoms with van der Waals surface area (Å²) >= 11 is 1.49. The van der Waals surface area contributed by atoms with Gasteiger partial charge >= 0.3 is 0 Å². The number of hydrogen-bond donors (Lipinski definition) is 0. The van der Waals surface area contributed by atoms with Gasteiger partial charge in [0.25, 0.3) is 0 Å². The van der Waals surface area contributed by atoms with Crippen LogP contribution in [-0.2, 0) is 32.1 Å². The summed E-state index contributed by atoms with van der Waals surface area (Å²) in [5.74, 6) is 2.01. The number of ketones is 5. The van der Waals surface area contributed by atoms with E-state index >= 15 is 0 Å². The first-order valence-corrected chi connectivity index (χ1v) is 36.8. The number of anilines is 4. The lowest BCUT2D eigenvalue weighted by molar-refractivity contribution is 0.0978. The molecule has 29 nitrogen and oxygen atoms in total. The molecule has 0 amide bonds. The fourth-order valence-electron chi connectivity index (χ4n) is 10.5. The van der Waals surface area contributed by atoms with Gasteiger partial charge < -0.3 is 24.0 Å². The summed E-state index contributed by atoms with van der Waals surface area (Å²) in [5, 5.41) is 2.75. The van der Waals surface area contributed by atoms with Gasteiger partial charge in [0.05, 0.1) is 105 Å². The summed E-state index contributed by atoms with van der Waals surface area (Å²) in [5.41, 5.74) is 12.3. The highest BCUT2D eigenvalue weighted by atomic mass is 32.1. The number of hydrogen-bond acceptors (Lipinski definition) is 30. The highest BCUT2D eigenvalue weighted by Crippen LogP contribution is 2.28. The fourth-order valence-corrected chi connectivity index (χ4v) is 11.3. The van der Waals surface area contributed by atoms with Gasteiger partial charge in [0.2, 0.25) is 0 Å². The van der Waals surface area contributed by atoms with Crippen LogP contribution in [0.4, 0.5) is 27.1 Å². The van der Waals surface area contributed by atoms with Crippen molar-refractivity contribution in [1.29, 1.82) is 0 Å². The number of carbonyl (C=O) groups excluding carboxylic acids is 5. The maximum atomic E-state index is 13.6. The summed E-state index contributed by atoms with van der Waals surface area (Å²) in [6, 6.07) is 34.6. The number of aryl methyl sites for hydroxylation is 5. The molecule has 0 unspecified atom stereocenters. The third-order valence-electron chi connectivity index (χ3n) is 16.7. The lowest BCUT2D eigenvalue weighted by Gasteiger charge is -2.18. The first-order chi connectivity index (χ1) is 56.8. The van der Waals surface area contributed by atoms with Crippen molar-refractivity contribution in [2.45, 2.75) is 66.7 Å². The molecular formula is C86H74FN21O8S. The lowest BCUT2D eigenvalue weighted by Crippen LogP contribution is -2.13. The van der Waals surface area contributed by atoms with Crippen molar-refractivity contribution in [2.75, 3.05) is 23.9 Å². The van der Waals surface area contributed by atoms with Crippen LogP contribution in [0.2, 0.25) is 0 Å². The predicted molar refractivity (Wildman–Crippen MR) is 433 cm³/mol. The Kier molecular flexibility index (Phi) is 29.6. The fraction of sp³-hybridized carbons (Fsp3) is 0.140. The summed E-state index contributed by atoms with van der Waals surface area (Å²) < 4.78 is 30.5. The van der Waals surface area contributed by atoms with E-state index in [-0.39, 0.29) is 72.4 Å². The molecule has 15 heterocycles. The Labute approximate surface area is 675 Å². The topological polar surface area (TPSA) is 364 Å². The van der Waals surface area contributed by atoms with E-state index in [4.69, 9.17) is 14.2 Å². The molecule has 0 aliphatic carbocycles. The van der Waals surface area contributed by atoms with Crippen molar-refractivity contribution in [2.24, 2.45) is 0 Å². The van der Waals surface area contributed by atoms with Gasteiger partial charge in [0.15, 0.2) is 40.4 Å². The molecule has 0 bridgehead atoms. The maximum absolute atomic E-state index is 13.6. The second-order valence-electron chi connectivity index (χ2n) is 25.6. The van der Waals surface area contributed by atoms with Crippen molar-refractivity contribution < 1.29 is 42.6 Å². The number of nitrogens with zero attached hydrogens (tertiary/aromatic N) is 21. The van der Waals surface area contributed by atoms with Gasteiger partial charge in [0.1, 0.15) is 87.6 Å². The molecule has 31 heteroatoms. The number of Topliss-reactive ketones (excluding diaryl/α,β-unsaturated/α-hetero) is 5. The third kappa shape index (κ3) is 25.6. The number of carbonyl (C=O) groups is 5. The molecule has 0 fully saturated rings. The number of rotatable bonds is 25. The van der Waals surface area contributed by atoms with E-state index in [0.717, 1.165) is 72.9 Å². The first-order valence-electron chi connectivity index (χ1n) is 35.9. The van der Waals surface area contributed by atoms with Crippen molar-refractivity contribution in [3.63, 3.8) is 0 Å². The Bertz CT molecular complexity index is 5820. The molecule has 0 radical (unpaired) electrons. The van der Waals surface area contributed by atoms with Crippen LogP contribution in [0.25, 0.3) is 0 Å². The number of thiazole rings is 1. The smallest absolute Gasteiger partial charge is 0.188 e. The molecule has 15 aromatic rings. The molecule has 15 rings (SSSR count). The number of pyridine rings is 10. The molecule has 117 heavy (non-hydrogen) atoms. The monoisotopic (exact) mass is 1580 g/mol. The molecule has 0 saturated heterocycles. The lowest BCUT2D eigenvalue weighted by atomic mass is 10.1. The van der Waals surface area contributed by atoms with Crippen molar-refractivity contribution in [3.8, 4) is 34.5 Å². The Hall–Kier alpha value is -15.3. The van der Waals surface area contributed by atoms with E-state index in [1.807, 2.05) is 106 Å². The standard InChI is InChI=1S/C18H16N4O2.C18H15N3O2.C17H14FN5O.C17H14N4O2.C16H15N5OS/c1-12-5-14(22-8-13(12)2)6-18(23)17-7-15(3-4-21-17)24-16-9-19-11-20-10-16;1-13-4-5-14(21-11-13)9-18(22)17-10-15(6-8-20-17)23-16-3-2-7-19-12-16;1-23(13-9-19-11-20-10-13)12-4-6-22-16(7-12)17(24)8-15-14(18)3-2-5-21-15;1-12-3-2-4-13(21-12)7-17(22)16-8-14(5-6-20-16)23-15-9-18-11-19-10-15;1-11-9-23-16(20-11)6-15(22)14-5-12(3-4-19-14)21(2)13-7-17-10-18-8-13/h3-5,7-11H,6H2,1-2H3;2-8,10-12H,9H2,1H3;2-7,9-11H,8H2,1H3;2-6,8-11H,7H2,1H3;3-5,7-10H,6H2,1-2H3. The Morgan fingerprint density at radius 1 is 0.342 bits per heavy atom. The number of halogens is 1. The van der Waals surface area contributed by atoms with Gasteiger partial charge in [-0.25, -0.2) is 49.2 Å². The summed E-state index contributed by atoms with van der Waals surface area (Å²) in [4.78, 5) is 143. The van der Waals surface area contributed by atoms with Crippen LogP contribution in [0.1, 0.15) is 108 Å². The third-order valence-corrected chi connectivity index (χ3v) is 17.6. The average Bonchev–Trinajstić information content (AvgIpc) is 1.22. The molecule has 584 valence electrons. The number of aromatic nitrogens is 19. The number of ether oxygens (including phenoxy) is 3. The highest BCUT2D eigenvalue weighted by Gasteiger charge is 2.19. The van der Waals surface area contributed by atoms with Crippen LogP contribution in [0.15, 0.2) is 264 Å².